The summed E-state index contributed by atoms with van der Waals surface area (Å²) in [5.41, 5.74) is 0.459. The van der Waals surface area contributed by atoms with Crippen LogP contribution in [0.4, 0.5) is 0 Å². The average Bonchev–Trinajstić information content (AvgIpc) is 2.07. The maximum absolute atomic E-state index is 10.9. The maximum atomic E-state index is 10.9. The van der Waals surface area contributed by atoms with Gasteiger partial charge in [0.05, 0.1) is 5.56 Å². The van der Waals surface area contributed by atoms with Crippen LogP contribution in [0.1, 0.15) is 10.4 Å². The fourth-order valence-electron chi connectivity index (χ4n) is 0.668. The molecule has 4 heteroatoms. The van der Waals surface area contributed by atoms with Gasteiger partial charge >= 0.3 is 5.97 Å². The van der Waals surface area contributed by atoms with Crippen LogP contribution in [-0.2, 0) is 4.84 Å². The number of carbonyl (C=O) groups is 1. The van der Waals surface area contributed by atoms with Crippen molar-refractivity contribution in [3.63, 3.8) is 0 Å². The Morgan fingerprint density at radius 3 is 2.55 bits per heavy atom. The van der Waals surface area contributed by atoms with Crippen molar-refractivity contribution in [3.8, 4) is 0 Å². The number of halogens is 1. The second-order valence-corrected chi connectivity index (χ2v) is 1.99. The van der Waals surface area contributed by atoms with Crippen LogP contribution in [0.15, 0.2) is 30.3 Å². The van der Waals surface area contributed by atoms with Gasteiger partial charge in [-0.1, -0.05) is 23.2 Å². The molecule has 1 aromatic rings. The SMILES string of the molecule is O=C(ONCl)c1ccccc1. The van der Waals surface area contributed by atoms with E-state index in [0.29, 0.717) is 5.56 Å². The lowest BCUT2D eigenvalue weighted by Crippen LogP contribution is -2.10. The van der Waals surface area contributed by atoms with E-state index >= 15 is 0 Å². The molecule has 0 saturated heterocycles. The lowest BCUT2D eigenvalue weighted by atomic mass is 10.2. The van der Waals surface area contributed by atoms with Crippen molar-refractivity contribution in [2.75, 3.05) is 0 Å². The molecular weight excluding hydrogens is 166 g/mol. The van der Waals surface area contributed by atoms with Crippen LogP contribution in [0.25, 0.3) is 0 Å². The second-order valence-electron chi connectivity index (χ2n) is 1.83. The summed E-state index contributed by atoms with van der Waals surface area (Å²) in [5.74, 6) is -0.499. The third-order valence-electron chi connectivity index (χ3n) is 1.14. The highest BCUT2D eigenvalue weighted by molar-refractivity contribution is 6.13. The quantitative estimate of drug-likeness (QED) is 0.542. The molecule has 0 fully saturated rings. The first-order chi connectivity index (χ1) is 5.34. The molecule has 1 rings (SSSR count). The maximum Gasteiger partial charge on any atom is 0.357 e. The van der Waals surface area contributed by atoms with Crippen molar-refractivity contribution in [2.24, 2.45) is 0 Å². The van der Waals surface area contributed by atoms with E-state index in [1.165, 1.54) is 0 Å². The normalized spacial score (nSPS) is 9.18. The van der Waals surface area contributed by atoms with Crippen molar-refractivity contribution in [2.45, 2.75) is 0 Å². The fourth-order valence-corrected chi connectivity index (χ4v) is 0.738. The lowest BCUT2D eigenvalue weighted by molar-refractivity contribution is 0.0413. The minimum absolute atomic E-state index is 0.459. The van der Waals surface area contributed by atoms with Crippen LogP contribution in [-0.4, -0.2) is 5.97 Å². The number of benzene rings is 1. The van der Waals surface area contributed by atoms with Gasteiger partial charge in [-0.3, -0.25) is 0 Å². The van der Waals surface area contributed by atoms with Crippen molar-refractivity contribution in [3.05, 3.63) is 35.9 Å². The summed E-state index contributed by atoms with van der Waals surface area (Å²) < 4.78 is 0. The Kier molecular flexibility index (Phi) is 2.89. The minimum atomic E-state index is -0.499. The first-order valence-electron chi connectivity index (χ1n) is 2.96. The van der Waals surface area contributed by atoms with Gasteiger partial charge in [-0.15, -0.1) is 0 Å². The zero-order valence-corrected chi connectivity index (χ0v) is 6.34. The minimum Gasteiger partial charge on any atom is -0.351 e. The van der Waals surface area contributed by atoms with Gasteiger partial charge in [0.2, 0.25) is 0 Å². The predicted molar refractivity (Wildman–Crippen MR) is 40.8 cm³/mol. The van der Waals surface area contributed by atoms with Crippen molar-refractivity contribution in [1.82, 2.24) is 5.00 Å². The van der Waals surface area contributed by atoms with Crippen LogP contribution in [0.5, 0.6) is 0 Å². The summed E-state index contributed by atoms with van der Waals surface area (Å²) >= 11 is 4.95. The fraction of sp³-hybridized carbons (Fsp3) is 0. The molecule has 0 saturated carbocycles. The van der Waals surface area contributed by atoms with Crippen molar-refractivity contribution >= 4 is 17.7 Å². The van der Waals surface area contributed by atoms with E-state index in [4.69, 9.17) is 11.8 Å². The van der Waals surface area contributed by atoms with Crippen LogP contribution in [0.3, 0.4) is 0 Å². The summed E-state index contributed by atoms with van der Waals surface area (Å²) in [5, 5.41) is 0. The molecule has 0 spiro atoms. The molecule has 0 aliphatic carbocycles. The highest BCUT2D eigenvalue weighted by Crippen LogP contribution is 1.99. The Balaban J connectivity index is 2.69. The number of rotatable bonds is 2. The van der Waals surface area contributed by atoms with E-state index < -0.39 is 5.97 Å². The first kappa shape index (κ1) is 8.04. The molecule has 3 nitrogen and oxygen atoms in total. The largest absolute Gasteiger partial charge is 0.357 e. The van der Waals surface area contributed by atoms with Crippen LogP contribution in [0.2, 0.25) is 0 Å². The van der Waals surface area contributed by atoms with Gasteiger partial charge in [0, 0.05) is 11.8 Å². The Morgan fingerprint density at radius 1 is 1.36 bits per heavy atom. The first-order valence-corrected chi connectivity index (χ1v) is 3.34. The molecule has 1 aromatic carbocycles. The predicted octanol–water partition coefficient (Wildman–Crippen LogP) is 1.50. The molecule has 0 amide bonds. The molecule has 0 heterocycles. The van der Waals surface area contributed by atoms with Gasteiger partial charge in [-0.2, -0.15) is 0 Å². The van der Waals surface area contributed by atoms with E-state index in [0.717, 1.165) is 0 Å². The number of hydrogen-bond donors (Lipinski definition) is 1. The highest BCUT2D eigenvalue weighted by atomic mass is 35.5. The summed E-state index contributed by atoms with van der Waals surface area (Å²) in [6, 6.07) is 8.56. The summed E-state index contributed by atoms with van der Waals surface area (Å²) in [6.45, 7) is 0. The molecular formula is C7H6ClNO2. The monoisotopic (exact) mass is 171 g/mol. The molecule has 0 aliphatic rings. The molecule has 1 N–H and O–H groups in total. The highest BCUT2D eigenvalue weighted by Gasteiger charge is 2.03. The van der Waals surface area contributed by atoms with Gasteiger partial charge in [-0.25, -0.2) is 4.79 Å². The number of carbonyl (C=O) groups excluding carboxylic acids is 1. The molecule has 0 aromatic heterocycles. The molecule has 0 radical (unpaired) electrons. The van der Waals surface area contributed by atoms with Crippen LogP contribution in [0, 0.1) is 0 Å². The zero-order valence-electron chi connectivity index (χ0n) is 5.58. The Labute approximate surface area is 69.0 Å². The van der Waals surface area contributed by atoms with Gasteiger partial charge in [-0.05, 0) is 12.1 Å². The van der Waals surface area contributed by atoms with Gasteiger partial charge in [0.15, 0.2) is 0 Å². The Hall–Kier alpha value is -1.06. The molecule has 11 heavy (non-hydrogen) atoms. The average molecular weight is 172 g/mol. The second kappa shape index (κ2) is 3.95. The van der Waals surface area contributed by atoms with Crippen molar-refractivity contribution < 1.29 is 9.63 Å². The third kappa shape index (κ3) is 2.22. The van der Waals surface area contributed by atoms with E-state index in [-0.39, 0.29) is 0 Å². The summed E-state index contributed by atoms with van der Waals surface area (Å²) in [4.78, 5) is 17.0. The molecule has 0 bridgehead atoms. The van der Waals surface area contributed by atoms with Crippen molar-refractivity contribution in [1.29, 1.82) is 0 Å². The lowest BCUT2D eigenvalue weighted by Gasteiger charge is -1.97. The number of nitrogens with one attached hydrogen (secondary N) is 1. The topological polar surface area (TPSA) is 38.3 Å². The molecule has 0 unspecified atom stereocenters. The van der Waals surface area contributed by atoms with E-state index in [1.54, 1.807) is 29.3 Å². The summed E-state index contributed by atoms with van der Waals surface area (Å²) in [6.07, 6.45) is 0. The smallest absolute Gasteiger partial charge is 0.351 e. The van der Waals surface area contributed by atoms with Crippen LogP contribution < -0.4 is 5.00 Å². The zero-order chi connectivity index (χ0) is 8.10. The van der Waals surface area contributed by atoms with Gasteiger partial charge < -0.3 is 4.84 Å². The molecule has 0 atom stereocenters. The molecule has 0 aliphatic heterocycles. The van der Waals surface area contributed by atoms with E-state index in [9.17, 15) is 4.79 Å². The number of hydrogen-bond acceptors (Lipinski definition) is 3. The van der Waals surface area contributed by atoms with Crippen LogP contribution >= 0.6 is 11.8 Å². The van der Waals surface area contributed by atoms with E-state index in [1.807, 2.05) is 6.07 Å². The Bertz CT molecular complexity index is 237. The third-order valence-corrected chi connectivity index (χ3v) is 1.22. The Morgan fingerprint density at radius 2 is 2.00 bits per heavy atom. The standard InChI is InChI=1S/C7H6ClNO2/c8-9-11-7(10)6-4-2-1-3-5-6/h1-5,9H. The van der Waals surface area contributed by atoms with Gasteiger partial charge in [0.1, 0.15) is 0 Å². The van der Waals surface area contributed by atoms with Gasteiger partial charge in [0.25, 0.3) is 0 Å². The van der Waals surface area contributed by atoms with E-state index in [2.05, 4.69) is 4.84 Å². The molecule has 58 valence electrons. The summed E-state index contributed by atoms with van der Waals surface area (Å²) in [7, 11) is 0.